The van der Waals surface area contributed by atoms with Gasteiger partial charge in [0.2, 0.25) is 5.91 Å². The molecule has 5 N–H and O–H groups in total. The van der Waals surface area contributed by atoms with Crippen LogP contribution in [0.25, 0.3) is 0 Å². The molecule has 5 unspecified atom stereocenters. The maximum absolute atomic E-state index is 12.0. The van der Waals surface area contributed by atoms with Crippen LogP contribution in [-0.2, 0) is 9.53 Å². The topological polar surface area (TPSA) is 106 Å². The Morgan fingerprint density at radius 2 is 1.67 bits per heavy atom. The number of piperidine rings is 1. The lowest BCUT2D eigenvalue weighted by atomic mass is 9.70. The summed E-state index contributed by atoms with van der Waals surface area (Å²) in [7, 11) is 0. The highest BCUT2D eigenvalue weighted by atomic mass is 16.5. The molecule has 5 atom stereocenters. The average molecular weight is 597 g/mol. The zero-order chi connectivity index (χ0) is 30.1. The highest BCUT2D eigenvalue weighted by Gasteiger charge is 2.55. The zero-order valence-electron chi connectivity index (χ0n) is 26.6. The number of carbonyl (C=O) groups is 1. The largest absolute Gasteiger partial charge is 0.375 e. The van der Waals surface area contributed by atoms with Gasteiger partial charge in [-0.1, -0.05) is 37.7 Å². The van der Waals surface area contributed by atoms with Crippen molar-refractivity contribution in [2.45, 2.75) is 133 Å². The molecule has 240 valence electrons. The molecular formula is C34H56N6O3. The molecule has 43 heavy (non-hydrogen) atoms. The van der Waals surface area contributed by atoms with Gasteiger partial charge in [-0.2, -0.15) is 0 Å². The second-order valence-corrected chi connectivity index (χ2v) is 14.6. The van der Waals surface area contributed by atoms with Crippen LogP contribution in [0.15, 0.2) is 12.7 Å². The third-order valence-electron chi connectivity index (χ3n) is 11.5. The number of ether oxygens (including phenoxy) is 1. The van der Waals surface area contributed by atoms with Gasteiger partial charge >= 0.3 is 0 Å². The maximum atomic E-state index is 12.0. The van der Waals surface area contributed by atoms with Crippen molar-refractivity contribution in [3.63, 3.8) is 0 Å². The van der Waals surface area contributed by atoms with Crippen molar-refractivity contribution < 1.29 is 14.6 Å². The predicted octanol–water partition coefficient (Wildman–Crippen LogP) is 2.21. The van der Waals surface area contributed by atoms with Crippen molar-refractivity contribution in [3.05, 3.63) is 12.7 Å². The van der Waals surface area contributed by atoms with Crippen LogP contribution in [0.4, 0.5) is 0 Å². The van der Waals surface area contributed by atoms with E-state index < -0.39 is 5.60 Å². The van der Waals surface area contributed by atoms with Crippen LogP contribution < -0.4 is 16.4 Å². The Kier molecular flexibility index (Phi) is 9.85. The van der Waals surface area contributed by atoms with Crippen molar-refractivity contribution in [1.82, 2.24) is 25.3 Å². The molecule has 9 nitrogen and oxygen atoms in total. The molecule has 6 fully saturated rings. The van der Waals surface area contributed by atoms with Crippen LogP contribution in [0.3, 0.4) is 0 Å². The number of amides is 1. The third kappa shape index (κ3) is 6.72. The fourth-order valence-corrected chi connectivity index (χ4v) is 9.31. The summed E-state index contributed by atoms with van der Waals surface area (Å²) in [4.78, 5) is 18.8. The van der Waals surface area contributed by atoms with E-state index >= 15 is 0 Å². The van der Waals surface area contributed by atoms with Gasteiger partial charge in [-0.05, 0) is 83.1 Å². The minimum atomic E-state index is -0.978. The maximum Gasteiger partial charge on any atom is 0.245 e. The highest BCUT2D eigenvalue weighted by Crippen LogP contribution is 2.47. The molecule has 6 aliphatic rings. The number of nitrogens with zero attached hydrogens (tertiary/aromatic N) is 3. The summed E-state index contributed by atoms with van der Waals surface area (Å²) in [6.07, 6.45) is 15.3. The standard InChI is InChI=1S/C34H56N6O3/c1-4-29(41)38-18-15-25(16-19-38)39-20-34(42,21-39)17-14-28-30(31-32(35)36-22-37-33(31)40(28)23(2)3)24-10-12-27(13-11-24)43-26-8-6-5-7-9-26/h4,23-28,30-33,36-37,42H,1,5-13,15-16,18-22,35H2,2-3H3. The molecule has 0 aromatic heterocycles. The normalized spacial score (nSPS) is 37.8. The molecule has 2 saturated carbocycles. The van der Waals surface area contributed by atoms with Gasteiger partial charge < -0.3 is 20.5 Å². The number of rotatable bonds is 6. The Bertz CT molecular complexity index is 1030. The number of fused-ring (bicyclic) bond motifs is 1. The molecule has 0 aromatic carbocycles. The van der Waals surface area contributed by atoms with Crippen molar-refractivity contribution in [1.29, 1.82) is 0 Å². The van der Waals surface area contributed by atoms with Gasteiger partial charge in [0.1, 0.15) is 0 Å². The first kappa shape index (κ1) is 31.5. The number of nitrogens with one attached hydrogen (secondary N) is 2. The highest BCUT2D eigenvalue weighted by molar-refractivity contribution is 5.87. The molecular weight excluding hydrogens is 540 g/mol. The van der Waals surface area contributed by atoms with Gasteiger partial charge in [0, 0.05) is 50.8 Å². The van der Waals surface area contributed by atoms with Gasteiger partial charge in [0.15, 0.2) is 5.60 Å². The first-order chi connectivity index (χ1) is 20.8. The van der Waals surface area contributed by atoms with E-state index in [0.29, 0.717) is 55.9 Å². The van der Waals surface area contributed by atoms with Crippen molar-refractivity contribution in [3.8, 4) is 11.8 Å². The lowest BCUT2D eigenvalue weighted by molar-refractivity contribution is -0.129. The van der Waals surface area contributed by atoms with Crippen LogP contribution in [-0.4, -0.2) is 107 Å². The predicted molar refractivity (Wildman–Crippen MR) is 168 cm³/mol. The summed E-state index contributed by atoms with van der Waals surface area (Å²) in [5, 5.41) is 18.7. The van der Waals surface area contributed by atoms with Crippen LogP contribution >= 0.6 is 0 Å². The molecule has 0 radical (unpaired) electrons. The van der Waals surface area contributed by atoms with E-state index in [1.165, 1.54) is 38.2 Å². The van der Waals surface area contributed by atoms with E-state index in [1.54, 1.807) is 0 Å². The van der Waals surface area contributed by atoms with E-state index in [2.05, 4.69) is 52.7 Å². The fraction of sp³-hybridized carbons (Fsp3) is 0.853. The van der Waals surface area contributed by atoms with E-state index in [0.717, 1.165) is 51.6 Å². The van der Waals surface area contributed by atoms with Gasteiger partial charge in [0.05, 0.1) is 30.6 Å². The Balaban J connectivity index is 1.13. The van der Waals surface area contributed by atoms with Crippen molar-refractivity contribution in [2.75, 3.05) is 32.8 Å². The summed E-state index contributed by atoms with van der Waals surface area (Å²) in [5.74, 6) is 8.28. The average Bonchev–Trinajstić information content (AvgIpc) is 3.35. The number of aliphatic hydroxyl groups is 1. The van der Waals surface area contributed by atoms with E-state index in [4.69, 9.17) is 10.5 Å². The summed E-state index contributed by atoms with van der Waals surface area (Å²) >= 11 is 0. The minimum Gasteiger partial charge on any atom is -0.375 e. The molecule has 0 bridgehead atoms. The molecule has 0 aromatic rings. The molecule has 4 heterocycles. The quantitative estimate of drug-likeness (QED) is 0.273. The molecule has 1 amide bonds. The lowest BCUT2D eigenvalue weighted by Gasteiger charge is -2.49. The second kappa shape index (κ2) is 13.5. The first-order valence-corrected chi connectivity index (χ1v) is 17.3. The van der Waals surface area contributed by atoms with Gasteiger partial charge in [-0.15, -0.1) is 0 Å². The summed E-state index contributed by atoms with van der Waals surface area (Å²) in [6.45, 7) is 11.5. The third-order valence-corrected chi connectivity index (χ3v) is 11.5. The molecule has 2 aliphatic carbocycles. The SMILES string of the molecule is C=CC(=O)N1CCC(N2CC(O)(C#CC3C(C4CCC(OC5CCCCC5)CC4)C4C(N)NCNC4N3C(C)C)C2)CC1. The van der Waals surface area contributed by atoms with E-state index in [9.17, 15) is 9.90 Å². The van der Waals surface area contributed by atoms with Crippen LogP contribution in [0.1, 0.15) is 84.5 Å². The van der Waals surface area contributed by atoms with Crippen molar-refractivity contribution >= 4 is 5.91 Å². The lowest BCUT2D eigenvalue weighted by Crippen LogP contribution is -2.65. The van der Waals surface area contributed by atoms with Crippen LogP contribution in [0, 0.1) is 29.6 Å². The molecule has 4 aliphatic heterocycles. The second-order valence-electron chi connectivity index (χ2n) is 14.6. The molecule has 0 spiro atoms. The Morgan fingerprint density at radius 3 is 2.33 bits per heavy atom. The number of carbonyl (C=O) groups excluding carboxylic acids is 1. The number of nitrogens with two attached hydrogens (primary N) is 1. The van der Waals surface area contributed by atoms with E-state index in [1.807, 2.05) is 4.90 Å². The number of hydrogen-bond donors (Lipinski definition) is 4. The van der Waals surface area contributed by atoms with Crippen LogP contribution in [0.5, 0.6) is 0 Å². The number of hydrogen-bond acceptors (Lipinski definition) is 8. The number of β-amino-alcohol motifs (C(OH)–C–C–N with tert-alkyl or cyclic N) is 1. The summed E-state index contributed by atoms with van der Waals surface area (Å²) in [5.41, 5.74) is 5.84. The van der Waals surface area contributed by atoms with E-state index in [-0.39, 0.29) is 30.2 Å². The Hall–Kier alpha value is -1.51. The number of likely N-dealkylation sites (tertiary alicyclic amines) is 3. The summed E-state index contributed by atoms with van der Waals surface area (Å²) < 4.78 is 6.61. The fourth-order valence-electron chi connectivity index (χ4n) is 9.31. The van der Waals surface area contributed by atoms with Gasteiger partial charge in [0.25, 0.3) is 0 Å². The first-order valence-electron chi connectivity index (χ1n) is 17.3. The zero-order valence-corrected chi connectivity index (χ0v) is 26.6. The van der Waals surface area contributed by atoms with Crippen LogP contribution in [0.2, 0.25) is 0 Å². The van der Waals surface area contributed by atoms with Crippen molar-refractivity contribution in [2.24, 2.45) is 23.5 Å². The monoisotopic (exact) mass is 596 g/mol. The minimum absolute atomic E-state index is 0.0143. The van der Waals surface area contributed by atoms with Gasteiger partial charge in [-0.25, -0.2) is 0 Å². The molecule has 9 heteroatoms. The summed E-state index contributed by atoms with van der Waals surface area (Å²) in [6, 6.07) is 0.765. The Labute approximate surface area is 259 Å². The molecule has 4 saturated heterocycles. The molecule has 6 rings (SSSR count). The Morgan fingerprint density at radius 1 is 1.00 bits per heavy atom. The van der Waals surface area contributed by atoms with Gasteiger partial charge in [-0.3, -0.25) is 25.2 Å². The smallest absolute Gasteiger partial charge is 0.245 e.